The summed E-state index contributed by atoms with van der Waals surface area (Å²) in [5, 5.41) is 6.13. The van der Waals surface area contributed by atoms with Crippen LogP contribution in [0.15, 0.2) is 54.6 Å². The minimum atomic E-state index is -0.110. The smallest absolute Gasteiger partial charge is 0.221 e. The number of carbonyl (C=O) groups is 2. The summed E-state index contributed by atoms with van der Waals surface area (Å²) in [6.45, 7) is 2.27. The highest BCUT2D eigenvalue weighted by Crippen LogP contribution is 2.32. The lowest BCUT2D eigenvalue weighted by Crippen LogP contribution is -2.34. The Hall–Kier alpha value is -2.33. The predicted molar refractivity (Wildman–Crippen MR) is 96.0 cm³/mol. The summed E-state index contributed by atoms with van der Waals surface area (Å²) in [4.78, 5) is 23.1. The molecule has 2 aromatic rings. The van der Waals surface area contributed by atoms with Gasteiger partial charge >= 0.3 is 0 Å². The van der Waals surface area contributed by atoms with Gasteiger partial charge in [0.15, 0.2) is 0 Å². The van der Waals surface area contributed by atoms with Gasteiger partial charge in [-0.2, -0.15) is 0 Å². The van der Waals surface area contributed by atoms with Gasteiger partial charge in [-0.25, -0.2) is 0 Å². The Balaban J connectivity index is 2.09. The van der Waals surface area contributed by atoms with Gasteiger partial charge in [0.25, 0.3) is 0 Å². The Kier molecular flexibility index (Phi) is 6.82. The number of benzene rings is 2. The van der Waals surface area contributed by atoms with Gasteiger partial charge in [0, 0.05) is 37.4 Å². The zero-order valence-electron chi connectivity index (χ0n) is 13.6. The van der Waals surface area contributed by atoms with E-state index in [0.29, 0.717) is 24.5 Å². The number of carbonyl (C=O) groups excluding carboxylic acids is 2. The molecule has 0 aromatic heterocycles. The molecule has 5 heteroatoms. The van der Waals surface area contributed by atoms with Gasteiger partial charge in [-0.3, -0.25) is 9.59 Å². The van der Waals surface area contributed by atoms with Crippen LogP contribution in [0.5, 0.6) is 0 Å². The second-order valence-electron chi connectivity index (χ2n) is 5.52. The van der Waals surface area contributed by atoms with Crippen LogP contribution in [0, 0.1) is 0 Å². The molecule has 0 aliphatic rings. The van der Waals surface area contributed by atoms with Gasteiger partial charge in [-0.15, -0.1) is 0 Å². The molecule has 0 saturated heterocycles. The summed E-state index contributed by atoms with van der Waals surface area (Å²) in [5.74, 6) is -0.294. The van der Waals surface area contributed by atoms with Crippen LogP contribution in [0.4, 0.5) is 0 Å². The number of amides is 2. The fourth-order valence-electron chi connectivity index (χ4n) is 2.55. The van der Waals surface area contributed by atoms with Crippen molar-refractivity contribution in [2.45, 2.75) is 19.3 Å². The van der Waals surface area contributed by atoms with Gasteiger partial charge in [0.05, 0.1) is 0 Å². The third-order valence-corrected chi connectivity index (χ3v) is 4.04. The zero-order chi connectivity index (χ0) is 17.4. The maximum atomic E-state index is 12.3. The molecule has 0 heterocycles. The van der Waals surface area contributed by atoms with Gasteiger partial charge in [0.2, 0.25) is 11.8 Å². The molecule has 2 rings (SSSR count). The van der Waals surface area contributed by atoms with Gasteiger partial charge in [-0.1, -0.05) is 60.1 Å². The Morgan fingerprint density at radius 3 is 2.25 bits per heavy atom. The summed E-state index contributed by atoms with van der Waals surface area (Å²) < 4.78 is 0. The molecular weight excluding hydrogens is 324 g/mol. The van der Waals surface area contributed by atoms with Crippen molar-refractivity contribution < 1.29 is 9.59 Å². The molecule has 0 radical (unpaired) electrons. The van der Waals surface area contributed by atoms with Gasteiger partial charge in [0.1, 0.15) is 0 Å². The van der Waals surface area contributed by atoms with Crippen molar-refractivity contribution in [3.63, 3.8) is 0 Å². The van der Waals surface area contributed by atoms with Crippen LogP contribution in [0.25, 0.3) is 0 Å². The van der Waals surface area contributed by atoms with Crippen LogP contribution >= 0.6 is 11.6 Å². The number of hydrogen-bond acceptors (Lipinski definition) is 2. The van der Waals surface area contributed by atoms with Crippen LogP contribution in [0.2, 0.25) is 5.02 Å². The molecule has 0 spiro atoms. The third kappa shape index (κ3) is 5.39. The van der Waals surface area contributed by atoms with E-state index in [1.807, 2.05) is 54.6 Å². The largest absolute Gasteiger partial charge is 0.355 e. The van der Waals surface area contributed by atoms with E-state index in [-0.39, 0.29) is 17.7 Å². The minimum Gasteiger partial charge on any atom is -0.355 e. The average molecular weight is 345 g/mol. The Bertz CT molecular complexity index is 689. The summed E-state index contributed by atoms with van der Waals surface area (Å²) in [7, 11) is 0. The lowest BCUT2D eigenvalue weighted by Gasteiger charge is -2.19. The monoisotopic (exact) mass is 344 g/mol. The number of rotatable bonds is 7. The van der Waals surface area contributed by atoms with E-state index >= 15 is 0 Å². The van der Waals surface area contributed by atoms with Gasteiger partial charge in [-0.05, 0) is 17.2 Å². The quantitative estimate of drug-likeness (QED) is 0.758. The highest BCUT2D eigenvalue weighted by atomic mass is 35.5. The molecular formula is C19H21ClN2O2. The van der Waals surface area contributed by atoms with E-state index in [4.69, 9.17) is 11.6 Å². The fraction of sp³-hybridized carbons (Fsp3) is 0.263. The predicted octanol–water partition coefficient (Wildman–Crippen LogP) is 3.11. The van der Waals surface area contributed by atoms with Crippen LogP contribution in [0.1, 0.15) is 30.4 Å². The maximum Gasteiger partial charge on any atom is 0.221 e. The van der Waals surface area contributed by atoms with Crippen LogP contribution in [-0.2, 0) is 9.59 Å². The first-order valence-electron chi connectivity index (χ1n) is 7.88. The first-order chi connectivity index (χ1) is 11.6. The van der Waals surface area contributed by atoms with Gasteiger partial charge < -0.3 is 10.6 Å². The molecule has 0 saturated carbocycles. The highest BCUT2D eigenvalue weighted by molar-refractivity contribution is 6.31. The summed E-state index contributed by atoms with van der Waals surface area (Å²) in [6, 6.07) is 17.4. The number of hydrogen-bond donors (Lipinski definition) is 2. The third-order valence-electron chi connectivity index (χ3n) is 3.69. The van der Waals surface area contributed by atoms with Crippen molar-refractivity contribution in [3.05, 3.63) is 70.7 Å². The minimum absolute atomic E-state index is 0.0749. The molecule has 0 aliphatic heterocycles. The van der Waals surface area contributed by atoms with Crippen molar-refractivity contribution in [2.24, 2.45) is 0 Å². The van der Waals surface area contributed by atoms with E-state index in [0.717, 1.165) is 11.1 Å². The van der Waals surface area contributed by atoms with E-state index in [2.05, 4.69) is 10.6 Å². The summed E-state index contributed by atoms with van der Waals surface area (Å²) in [5.41, 5.74) is 1.98. The fourth-order valence-corrected chi connectivity index (χ4v) is 2.82. The van der Waals surface area contributed by atoms with Crippen LogP contribution in [0.3, 0.4) is 0 Å². The molecule has 2 N–H and O–H groups in total. The van der Waals surface area contributed by atoms with Crippen molar-refractivity contribution in [3.8, 4) is 0 Å². The highest BCUT2D eigenvalue weighted by Gasteiger charge is 2.20. The van der Waals surface area contributed by atoms with Crippen LogP contribution in [-0.4, -0.2) is 24.9 Å². The first-order valence-corrected chi connectivity index (χ1v) is 8.26. The number of halogens is 1. The SMILES string of the molecule is CC(=O)NCCNC(=O)C[C@H](c1ccccc1)c1ccccc1Cl. The average Bonchev–Trinajstić information content (AvgIpc) is 2.58. The topological polar surface area (TPSA) is 58.2 Å². The van der Waals surface area contributed by atoms with Crippen LogP contribution < -0.4 is 10.6 Å². The van der Waals surface area contributed by atoms with Crippen molar-refractivity contribution in [2.75, 3.05) is 13.1 Å². The lowest BCUT2D eigenvalue weighted by atomic mass is 9.88. The molecule has 2 amide bonds. The molecule has 0 fully saturated rings. The lowest BCUT2D eigenvalue weighted by molar-refractivity contribution is -0.122. The second kappa shape index (κ2) is 9.08. The maximum absolute atomic E-state index is 12.3. The summed E-state index contributed by atoms with van der Waals surface area (Å²) in [6.07, 6.45) is 0.299. The Morgan fingerprint density at radius 2 is 1.58 bits per heavy atom. The van der Waals surface area contributed by atoms with Crippen molar-refractivity contribution in [1.29, 1.82) is 0 Å². The standard InChI is InChI=1S/C19H21ClN2O2/c1-14(23)21-11-12-22-19(24)13-17(15-7-3-2-4-8-15)16-9-5-6-10-18(16)20/h2-10,17H,11-13H2,1H3,(H,21,23)(H,22,24)/t17-/m1/s1. The molecule has 4 nitrogen and oxygen atoms in total. The van der Waals surface area contributed by atoms with E-state index in [9.17, 15) is 9.59 Å². The second-order valence-corrected chi connectivity index (χ2v) is 5.93. The van der Waals surface area contributed by atoms with Crippen molar-refractivity contribution >= 4 is 23.4 Å². The molecule has 0 bridgehead atoms. The molecule has 2 aromatic carbocycles. The molecule has 0 aliphatic carbocycles. The molecule has 1 atom stereocenters. The van der Waals surface area contributed by atoms with E-state index in [1.54, 1.807) is 0 Å². The Labute approximate surface area is 147 Å². The van der Waals surface area contributed by atoms with E-state index < -0.39 is 0 Å². The van der Waals surface area contributed by atoms with Crippen molar-refractivity contribution in [1.82, 2.24) is 10.6 Å². The van der Waals surface area contributed by atoms with E-state index in [1.165, 1.54) is 6.92 Å². The number of nitrogens with one attached hydrogen (secondary N) is 2. The molecule has 0 unspecified atom stereocenters. The summed E-state index contributed by atoms with van der Waals surface area (Å²) >= 11 is 6.33. The zero-order valence-corrected chi connectivity index (χ0v) is 14.3. The Morgan fingerprint density at radius 1 is 0.958 bits per heavy atom. The molecule has 24 heavy (non-hydrogen) atoms. The normalized spacial score (nSPS) is 11.6. The first kappa shape index (κ1) is 18.0. The molecule has 126 valence electrons.